The van der Waals surface area contributed by atoms with Crippen LogP contribution < -0.4 is 0 Å². The highest BCUT2D eigenvalue weighted by Crippen LogP contribution is 2.66. The Bertz CT molecular complexity index is 720. The summed E-state index contributed by atoms with van der Waals surface area (Å²) in [7, 11) is 0. The van der Waals surface area contributed by atoms with E-state index in [1.54, 1.807) is 11.6 Å². The highest BCUT2D eigenvalue weighted by atomic mass is 16.1. The molecule has 0 amide bonds. The summed E-state index contributed by atoms with van der Waals surface area (Å²) in [5.74, 6) is 3.01. The fourth-order valence-electron chi connectivity index (χ4n) is 6.98. The third-order valence-electron chi connectivity index (χ3n) is 8.18. The number of rotatable bonds is 2. The van der Waals surface area contributed by atoms with Gasteiger partial charge in [-0.05, 0) is 80.3 Å². The lowest BCUT2D eigenvalue weighted by atomic mass is 9.52. The molecule has 25 heavy (non-hydrogen) atoms. The zero-order chi connectivity index (χ0) is 18.0. The van der Waals surface area contributed by atoms with Crippen LogP contribution in [-0.2, 0) is 4.79 Å². The second kappa shape index (κ2) is 5.56. The van der Waals surface area contributed by atoms with Gasteiger partial charge in [0.25, 0.3) is 0 Å². The van der Waals surface area contributed by atoms with Gasteiger partial charge in [0.1, 0.15) is 0 Å². The molecule has 4 aliphatic carbocycles. The van der Waals surface area contributed by atoms with Crippen LogP contribution in [-0.4, -0.2) is 5.78 Å². The molecule has 2 fully saturated rings. The number of fused-ring (bicyclic) bond motifs is 5. The Kier molecular flexibility index (Phi) is 3.80. The average molecular weight is 337 g/mol. The SMILES string of the molecule is C=C(CC)C1[C@H](C)CC2C3CCC4=CC(=O)C=CC4(C)C3=CCC21C. The minimum Gasteiger partial charge on any atom is -0.290 e. The first-order chi connectivity index (χ1) is 11.8. The maximum absolute atomic E-state index is 11.9. The van der Waals surface area contributed by atoms with E-state index in [1.165, 1.54) is 30.4 Å². The number of ketones is 1. The summed E-state index contributed by atoms with van der Waals surface area (Å²) in [4.78, 5) is 11.9. The number of hydrogen-bond acceptors (Lipinski definition) is 1. The zero-order valence-electron chi connectivity index (χ0n) is 16.3. The minimum absolute atomic E-state index is 0.0127. The molecule has 1 nitrogen and oxygen atoms in total. The maximum atomic E-state index is 11.9. The van der Waals surface area contributed by atoms with Gasteiger partial charge in [0, 0.05) is 5.41 Å². The molecule has 4 rings (SSSR count). The van der Waals surface area contributed by atoms with E-state index in [2.05, 4.69) is 46.4 Å². The van der Waals surface area contributed by atoms with Gasteiger partial charge in [0.15, 0.2) is 5.78 Å². The molecule has 5 unspecified atom stereocenters. The molecule has 0 aromatic rings. The quantitative estimate of drug-likeness (QED) is 0.562. The van der Waals surface area contributed by atoms with Gasteiger partial charge >= 0.3 is 0 Å². The second-order valence-electron chi connectivity index (χ2n) is 9.43. The van der Waals surface area contributed by atoms with E-state index in [9.17, 15) is 4.79 Å². The molecule has 0 aliphatic heterocycles. The molecule has 1 heteroatoms. The van der Waals surface area contributed by atoms with Crippen LogP contribution in [0.25, 0.3) is 0 Å². The standard InChI is InChI=1S/C24H32O/c1-6-15(2)22-16(3)13-21-19-8-7-17-14-18(25)9-11-23(17,4)20(19)10-12-24(21,22)5/h9-11,14,16,19,21-22H,2,6-8,12-13H2,1,3-5H3/t16-,19?,21?,22?,23?,24?/m1/s1. The van der Waals surface area contributed by atoms with Crippen LogP contribution in [0.3, 0.4) is 0 Å². The Hall–Kier alpha value is -1.37. The average Bonchev–Trinajstić information content (AvgIpc) is 2.85. The fourth-order valence-corrected chi connectivity index (χ4v) is 6.98. The van der Waals surface area contributed by atoms with E-state index < -0.39 is 0 Å². The van der Waals surface area contributed by atoms with E-state index in [-0.39, 0.29) is 11.2 Å². The van der Waals surface area contributed by atoms with Crippen molar-refractivity contribution < 1.29 is 4.79 Å². The van der Waals surface area contributed by atoms with Gasteiger partial charge in [-0.25, -0.2) is 0 Å². The van der Waals surface area contributed by atoms with Crippen LogP contribution in [0.1, 0.15) is 59.8 Å². The van der Waals surface area contributed by atoms with Crippen molar-refractivity contribution in [2.24, 2.45) is 34.5 Å². The maximum Gasteiger partial charge on any atom is 0.178 e. The molecular weight excluding hydrogens is 304 g/mol. The highest BCUT2D eigenvalue weighted by molar-refractivity contribution is 6.01. The summed E-state index contributed by atoms with van der Waals surface area (Å²) < 4.78 is 0. The first kappa shape index (κ1) is 17.1. The molecule has 0 aromatic carbocycles. The van der Waals surface area contributed by atoms with Crippen molar-refractivity contribution >= 4 is 5.78 Å². The third kappa shape index (κ3) is 2.24. The lowest BCUT2D eigenvalue weighted by Gasteiger charge is -2.52. The summed E-state index contributed by atoms with van der Waals surface area (Å²) >= 11 is 0. The summed E-state index contributed by atoms with van der Waals surface area (Å²) in [5, 5.41) is 0. The Balaban J connectivity index is 1.75. The normalized spacial score (nSPS) is 45.2. The van der Waals surface area contributed by atoms with Crippen molar-refractivity contribution in [3.63, 3.8) is 0 Å². The van der Waals surface area contributed by atoms with Crippen LogP contribution in [0.5, 0.6) is 0 Å². The fraction of sp³-hybridized carbons (Fsp3) is 0.625. The van der Waals surface area contributed by atoms with Crippen molar-refractivity contribution in [3.05, 3.63) is 47.6 Å². The van der Waals surface area contributed by atoms with Crippen molar-refractivity contribution in [3.8, 4) is 0 Å². The smallest absolute Gasteiger partial charge is 0.178 e. The van der Waals surface area contributed by atoms with Gasteiger partial charge in [-0.3, -0.25) is 4.79 Å². The Morgan fingerprint density at radius 3 is 2.84 bits per heavy atom. The van der Waals surface area contributed by atoms with E-state index >= 15 is 0 Å². The molecule has 0 heterocycles. The first-order valence-electron chi connectivity index (χ1n) is 10.1. The van der Waals surface area contributed by atoms with Crippen molar-refractivity contribution in [1.82, 2.24) is 0 Å². The van der Waals surface area contributed by atoms with Gasteiger partial charge < -0.3 is 0 Å². The van der Waals surface area contributed by atoms with Gasteiger partial charge in [-0.15, -0.1) is 0 Å². The van der Waals surface area contributed by atoms with Crippen LogP contribution in [0, 0.1) is 34.5 Å². The molecule has 0 bridgehead atoms. The van der Waals surface area contributed by atoms with Crippen molar-refractivity contribution in [2.45, 2.75) is 59.8 Å². The molecule has 0 saturated heterocycles. The largest absolute Gasteiger partial charge is 0.290 e. The molecule has 0 radical (unpaired) electrons. The lowest BCUT2D eigenvalue weighted by molar-refractivity contribution is -0.110. The predicted molar refractivity (Wildman–Crippen MR) is 104 cm³/mol. The molecule has 2 saturated carbocycles. The van der Waals surface area contributed by atoms with Crippen LogP contribution in [0.2, 0.25) is 0 Å². The molecule has 0 aromatic heterocycles. The van der Waals surface area contributed by atoms with E-state index in [0.717, 1.165) is 24.7 Å². The van der Waals surface area contributed by atoms with E-state index in [4.69, 9.17) is 0 Å². The molecule has 6 atom stereocenters. The number of carbonyl (C=O) groups excluding carboxylic acids is 1. The monoisotopic (exact) mass is 336 g/mol. The number of hydrogen-bond donors (Lipinski definition) is 0. The van der Waals surface area contributed by atoms with Crippen LogP contribution in [0.15, 0.2) is 47.6 Å². The molecule has 0 spiro atoms. The molecule has 4 aliphatic rings. The second-order valence-corrected chi connectivity index (χ2v) is 9.43. The Morgan fingerprint density at radius 1 is 1.36 bits per heavy atom. The van der Waals surface area contributed by atoms with Gasteiger partial charge in [-0.2, -0.15) is 0 Å². The third-order valence-corrected chi connectivity index (χ3v) is 8.18. The van der Waals surface area contributed by atoms with E-state index in [0.29, 0.717) is 17.3 Å². The Morgan fingerprint density at radius 2 is 2.12 bits per heavy atom. The summed E-state index contributed by atoms with van der Waals surface area (Å²) in [6.45, 7) is 14.0. The Labute approximate surface area is 153 Å². The van der Waals surface area contributed by atoms with E-state index in [1.807, 2.05) is 6.08 Å². The first-order valence-corrected chi connectivity index (χ1v) is 10.1. The topological polar surface area (TPSA) is 17.1 Å². The van der Waals surface area contributed by atoms with Gasteiger partial charge in [0.2, 0.25) is 0 Å². The summed E-state index contributed by atoms with van der Waals surface area (Å²) in [5.41, 5.74) is 4.76. The lowest BCUT2D eigenvalue weighted by Crippen LogP contribution is -2.43. The van der Waals surface area contributed by atoms with Crippen molar-refractivity contribution in [2.75, 3.05) is 0 Å². The molecular formula is C24H32O. The van der Waals surface area contributed by atoms with Crippen LogP contribution >= 0.6 is 0 Å². The van der Waals surface area contributed by atoms with Gasteiger partial charge in [-0.1, -0.05) is 56.2 Å². The number of allylic oxidation sites excluding steroid dienone is 7. The molecule has 0 N–H and O–H groups in total. The highest BCUT2D eigenvalue weighted by Gasteiger charge is 2.57. The molecule has 134 valence electrons. The zero-order valence-corrected chi connectivity index (χ0v) is 16.3. The van der Waals surface area contributed by atoms with Gasteiger partial charge in [0.05, 0.1) is 0 Å². The number of carbonyl (C=O) groups is 1. The summed E-state index contributed by atoms with van der Waals surface area (Å²) in [6.07, 6.45) is 14.3. The van der Waals surface area contributed by atoms with Crippen LogP contribution in [0.4, 0.5) is 0 Å². The minimum atomic E-state index is -0.0127. The predicted octanol–water partition coefficient (Wildman–Crippen LogP) is 6.04. The van der Waals surface area contributed by atoms with Crippen molar-refractivity contribution in [1.29, 1.82) is 0 Å². The summed E-state index contributed by atoms with van der Waals surface area (Å²) in [6, 6.07) is 0.